The van der Waals surface area contributed by atoms with Gasteiger partial charge in [0.05, 0.1) is 6.42 Å². The molecule has 2 amide bonds. The van der Waals surface area contributed by atoms with Crippen molar-refractivity contribution in [2.45, 2.75) is 18.9 Å². The third kappa shape index (κ3) is 5.33. The highest BCUT2D eigenvalue weighted by atomic mass is 16.2. The van der Waals surface area contributed by atoms with Gasteiger partial charge < -0.3 is 11.1 Å². The number of nitrogens with one attached hydrogen (secondary N) is 1. The number of fused-ring (bicyclic) bond motifs is 1. The molecule has 5 heteroatoms. The average Bonchev–Trinajstić information content (AvgIpc) is 2.83. The van der Waals surface area contributed by atoms with Crippen molar-refractivity contribution in [3.05, 3.63) is 119 Å². The molecular formula is C28H24N2O3. The molecule has 0 aromatic heterocycles. The molecule has 0 spiro atoms. The summed E-state index contributed by atoms with van der Waals surface area (Å²) in [6, 6.07) is 29.1. The van der Waals surface area contributed by atoms with Crippen molar-refractivity contribution in [3.63, 3.8) is 0 Å². The highest BCUT2D eigenvalue weighted by Gasteiger charge is 2.25. The van der Waals surface area contributed by atoms with Crippen molar-refractivity contribution < 1.29 is 14.4 Å². The summed E-state index contributed by atoms with van der Waals surface area (Å²) in [5.74, 6) is -1.43. The molecule has 5 nitrogen and oxygen atoms in total. The van der Waals surface area contributed by atoms with E-state index < -0.39 is 17.9 Å². The summed E-state index contributed by atoms with van der Waals surface area (Å²) < 4.78 is 0. The zero-order valence-electron chi connectivity index (χ0n) is 18.0. The maximum atomic E-state index is 13.2. The number of hydrogen-bond acceptors (Lipinski definition) is 3. The van der Waals surface area contributed by atoms with Crippen LogP contribution >= 0.6 is 0 Å². The number of carbonyl (C=O) groups is 3. The van der Waals surface area contributed by atoms with Crippen LogP contribution in [0.25, 0.3) is 10.8 Å². The highest BCUT2D eigenvalue weighted by Crippen LogP contribution is 2.20. The lowest BCUT2D eigenvalue weighted by atomic mass is 9.96. The Hall–Kier alpha value is -4.25. The van der Waals surface area contributed by atoms with Crippen LogP contribution in [0.2, 0.25) is 0 Å². The molecule has 0 saturated carbocycles. The Labute approximate surface area is 192 Å². The Morgan fingerprint density at radius 2 is 1.42 bits per heavy atom. The molecular weight excluding hydrogens is 412 g/mol. The number of amides is 2. The van der Waals surface area contributed by atoms with E-state index in [1.807, 2.05) is 30.3 Å². The third-order valence-corrected chi connectivity index (χ3v) is 5.56. The summed E-state index contributed by atoms with van der Waals surface area (Å²) >= 11 is 0. The predicted molar refractivity (Wildman–Crippen MR) is 129 cm³/mol. The molecule has 4 rings (SSSR count). The SMILES string of the molecule is NC(=O)CC(NC(=O)c1ccccc1Cc1ccc2ccccc2c1)C(=O)c1ccccc1. The summed E-state index contributed by atoms with van der Waals surface area (Å²) in [7, 11) is 0. The number of carbonyl (C=O) groups excluding carboxylic acids is 3. The van der Waals surface area contributed by atoms with Crippen LogP contribution in [0, 0.1) is 0 Å². The van der Waals surface area contributed by atoms with Crippen LogP contribution in [-0.2, 0) is 11.2 Å². The first kappa shape index (κ1) is 22.0. The quantitative estimate of drug-likeness (QED) is 0.404. The van der Waals surface area contributed by atoms with E-state index in [1.54, 1.807) is 42.5 Å². The maximum absolute atomic E-state index is 13.2. The third-order valence-electron chi connectivity index (χ3n) is 5.56. The van der Waals surface area contributed by atoms with Crippen LogP contribution in [0.4, 0.5) is 0 Å². The monoisotopic (exact) mass is 436 g/mol. The predicted octanol–water partition coefficient (Wildman–Crippen LogP) is 4.29. The van der Waals surface area contributed by atoms with E-state index in [0.29, 0.717) is 17.5 Å². The molecule has 0 aliphatic rings. The van der Waals surface area contributed by atoms with Gasteiger partial charge in [-0.25, -0.2) is 0 Å². The molecule has 164 valence electrons. The lowest BCUT2D eigenvalue weighted by Crippen LogP contribution is -2.43. The Bertz CT molecular complexity index is 1320. The van der Waals surface area contributed by atoms with Gasteiger partial charge >= 0.3 is 0 Å². The summed E-state index contributed by atoms with van der Waals surface area (Å²) in [5.41, 5.74) is 8.13. The molecule has 0 aliphatic heterocycles. The standard InChI is InChI=1S/C28H24N2O3/c29-26(31)18-25(27(32)21-9-2-1-3-10-21)30-28(33)24-13-7-6-12-23(24)17-19-14-15-20-8-4-5-11-22(20)16-19/h1-16,25H,17-18H2,(H2,29,31)(H,30,33). The first-order valence-corrected chi connectivity index (χ1v) is 10.8. The van der Waals surface area contributed by atoms with Crippen molar-refractivity contribution in [1.82, 2.24) is 5.32 Å². The van der Waals surface area contributed by atoms with Crippen molar-refractivity contribution in [1.29, 1.82) is 0 Å². The number of rotatable bonds is 8. The van der Waals surface area contributed by atoms with E-state index in [-0.39, 0.29) is 12.2 Å². The highest BCUT2D eigenvalue weighted by molar-refractivity contribution is 6.06. The molecule has 33 heavy (non-hydrogen) atoms. The molecule has 0 radical (unpaired) electrons. The zero-order valence-corrected chi connectivity index (χ0v) is 18.0. The van der Waals surface area contributed by atoms with Crippen molar-refractivity contribution in [2.24, 2.45) is 5.73 Å². The van der Waals surface area contributed by atoms with Gasteiger partial charge in [-0.2, -0.15) is 0 Å². The van der Waals surface area contributed by atoms with Gasteiger partial charge in [0.25, 0.3) is 5.91 Å². The van der Waals surface area contributed by atoms with Gasteiger partial charge in [-0.05, 0) is 34.4 Å². The van der Waals surface area contributed by atoms with E-state index in [9.17, 15) is 14.4 Å². The van der Waals surface area contributed by atoms with Crippen molar-refractivity contribution in [2.75, 3.05) is 0 Å². The van der Waals surface area contributed by atoms with Gasteiger partial charge in [0, 0.05) is 11.1 Å². The van der Waals surface area contributed by atoms with Crippen LogP contribution in [-0.4, -0.2) is 23.6 Å². The molecule has 1 atom stereocenters. The molecule has 0 aliphatic carbocycles. The Kier molecular flexibility index (Phi) is 6.60. The van der Waals surface area contributed by atoms with Crippen LogP contribution in [0.5, 0.6) is 0 Å². The number of ketones is 1. The largest absolute Gasteiger partial charge is 0.370 e. The lowest BCUT2D eigenvalue weighted by molar-refractivity contribution is -0.118. The van der Waals surface area contributed by atoms with Gasteiger partial charge in [-0.15, -0.1) is 0 Å². The van der Waals surface area contributed by atoms with Gasteiger partial charge in [0.1, 0.15) is 6.04 Å². The van der Waals surface area contributed by atoms with Gasteiger partial charge in [0.15, 0.2) is 5.78 Å². The van der Waals surface area contributed by atoms with Crippen LogP contribution < -0.4 is 11.1 Å². The Morgan fingerprint density at radius 3 is 2.18 bits per heavy atom. The lowest BCUT2D eigenvalue weighted by Gasteiger charge is -2.18. The smallest absolute Gasteiger partial charge is 0.252 e. The topological polar surface area (TPSA) is 89.3 Å². The molecule has 1 unspecified atom stereocenters. The zero-order chi connectivity index (χ0) is 23.2. The molecule has 0 bridgehead atoms. The number of Topliss-reactive ketones (excluding diaryl/α,β-unsaturated/α-hetero) is 1. The van der Waals surface area contributed by atoms with E-state index in [2.05, 4.69) is 29.6 Å². The fourth-order valence-corrected chi connectivity index (χ4v) is 3.91. The van der Waals surface area contributed by atoms with Crippen molar-refractivity contribution in [3.8, 4) is 0 Å². The minimum Gasteiger partial charge on any atom is -0.370 e. The summed E-state index contributed by atoms with van der Waals surface area (Å²) in [4.78, 5) is 37.7. The second kappa shape index (κ2) is 9.92. The fourth-order valence-electron chi connectivity index (χ4n) is 3.91. The second-order valence-corrected chi connectivity index (χ2v) is 7.94. The van der Waals surface area contributed by atoms with Crippen LogP contribution in [0.3, 0.4) is 0 Å². The van der Waals surface area contributed by atoms with Gasteiger partial charge in [-0.3, -0.25) is 14.4 Å². The van der Waals surface area contributed by atoms with Gasteiger partial charge in [0.2, 0.25) is 5.91 Å². The number of primary amides is 1. The minimum atomic E-state index is -1.04. The van der Waals surface area contributed by atoms with E-state index in [4.69, 9.17) is 5.73 Å². The molecule has 0 heterocycles. The molecule has 0 saturated heterocycles. The van der Waals surface area contributed by atoms with E-state index in [1.165, 1.54) is 0 Å². The molecule has 4 aromatic carbocycles. The Morgan fingerprint density at radius 1 is 0.758 bits per heavy atom. The first-order valence-electron chi connectivity index (χ1n) is 10.8. The fraction of sp³-hybridized carbons (Fsp3) is 0.107. The van der Waals surface area contributed by atoms with Gasteiger partial charge in [-0.1, -0.05) is 91.0 Å². The second-order valence-electron chi connectivity index (χ2n) is 7.94. The Balaban J connectivity index is 1.58. The average molecular weight is 437 g/mol. The van der Waals surface area contributed by atoms with E-state index >= 15 is 0 Å². The minimum absolute atomic E-state index is 0.272. The number of hydrogen-bond donors (Lipinski definition) is 2. The first-order chi connectivity index (χ1) is 16.0. The molecule has 4 aromatic rings. The number of benzene rings is 4. The summed E-state index contributed by atoms with van der Waals surface area (Å²) in [6.45, 7) is 0. The summed E-state index contributed by atoms with van der Waals surface area (Å²) in [5, 5.41) is 5.01. The summed E-state index contributed by atoms with van der Waals surface area (Å²) in [6.07, 6.45) is 0.286. The van der Waals surface area contributed by atoms with E-state index in [0.717, 1.165) is 21.9 Å². The van der Waals surface area contributed by atoms with Crippen molar-refractivity contribution >= 4 is 28.4 Å². The molecule has 3 N–H and O–H groups in total. The van der Waals surface area contributed by atoms with Crippen LogP contribution in [0.1, 0.15) is 38.3 Å². The maximum Gasteiger partial charge on any atom is 0.252 e. The normalized spacial score (nSPS) is 11.6. The number of nitrogens with two attached hydrogens (primary N) is 1. The molecule has 0 fully saturated rings. The van der Waals surface area contributed by atoms with Crippen LogP contribution in [0.15, 0.2) is 97.1 Å².